The molecule has 0 aromatic carbocycles. The van der Waals surface area contributed by atoms with Crippen molar-refractivity contribution < 1.29 is 4.79 Å². The topological polar surface area (TPSA) is 29.1 Å². The standard InChI is InChI=1S/C13H22BrNO/c1-8(14)5-9(2)15-13(16)12-7-10-3-4-11(12)6-10/h8-12H,3-7H2,1-2H3,(H,15,16). The second kappa shape index (κ2) is 5.07. The highest BCUT2D eigenvalue weighted by molar-refractivity contribution is 9.09. The van der Waals surface area contributed by atoms with Gasteiger partial charge in [0.15, 0.2) is 0 Å². The fourth-order valence-corrected chi connectivity index (χ4v) is 4.02. The molecular weight excluding hydrogens is 266 g/mol. The lowest BCUT2D eigenvalue weighted by molar-refractivity contribution is -0.127. The molecule has 2 aliphatic rings. The fraction of sp³-hybridized carbons (Fsp3) is 0.923. The Morgan fingerprint density at radius 3 is 2.62 bits per heavy atom. The zero-order valence-corrected chi connectivity index (χ0v) is 11.8. The quantitative estimate of drug-likeness (QED) is 0.791. The first-order chi connectivity index (χ1) is 7.56. The Hall–Kier alpha value is -0.0500. The van der Waals surface area contributed by atoms with Crippen LogP contribution in [0.4, 0.5) is 0 Å². The Morgan fingerprint density at radius 1 is 1.38 bits per heavy atom. The first-order valence-electron chi connectivity index (χ1n) is 6.50. The number of hydrogen-bond donors (Lipinski definition) is 1. The molecule has 0 aromatic heterocycles. The number of halogens is 1. The molecule has 2 nitrogen and oxygen atoms in total. The van der Waals surface area contributed by atoms with Crippen molar-refractivity contribution in [3.63, 3.8) is 0 Å². The molecule has 3 heteroatoms. The highest BCUT2D eigenvalue weighted by Gasteiger charge is 2.43. The number of carbonyl (C=O) groups is 1. The summed E-state index contributed by atoms with van der Waals surface area (Å²) in [6.07, 6.45) is 6.11. The van der Waals surface area contributed by atoms with E-state index in [-0.39, 0.29) is 0 Å². The lowest BCUT2D eigenvalue weighted by Crippen LogP contribution is -2.39. The second-order valence-electron chi connectivity index (χ2n) is 5.71. The lowest BCUT2D eigenvalue weighted by Gasteiger charge is -2.23. The highest BCUT2D eigenvalue weighted by atomic mass is 79.9. The fourth-order valence-electron chi connectivity index (χ4n) is 3.46. The Kier molecular flexibility index (Phi) is 3.93. The number of amides is 1. The minimum atomic E-state index is 0.293. The summed E-state index contributed by atoms with van der Waals surface area (Å²) in [7, 11) is 0. The van der Waals surface area contributed by atoms with Crippen LogP contribution in [0, 0.1) is 17.8 Å². The van der Waals surface area contributed by atoms with E-state index in [1.807, 2.05) is 0 Å². The monoisotopic (exact) mass is 287 g/mol. The average Bonchev–Trinajstić information content (AvgIpc) is 2.76. The summed E-state index contributed by atoms with van der Waals surface area (Å²) < 4.78 is 0. The summed E-state index contributed by atoms with van der Waals surface area (Å²) in [5, 5.41) is 3.17. The van der Waals surface area contributed by atoms with Gasteiger partial charge in [-0.1, -0.05) is 29.3 Å². The Labute approximate surface area is 107 Å². The lowest BCUT2D eigenvalue weighted by atomic mass is 9.88. The number of nitrogens with one attached hydrogen (secondary N) is 1. The molecule has 5 unspecified atom stereocenters. The van der Waals surface area contributed by atoms with Crippen LogP contribution in [0.1, 0.15) is 46.0 Å². The van der Waals surface area contributed by atoms with Gasteiger partial charge in [0.05, 0.1) is 0 Å². The molecule has 0 spiro atoms. The predicted molar refractivity (Wildman–Crippen MR) is 69.5 cm³/mol. The van der Waals surface area contributed by atoms with Gasteiger partial charge in [0.1, 0.15) is 0 Å². The summed E-state index contributed by atoms with van der Waals surface area (Å²) in [4.78, 5) is 12.6. The summed E-state index contributed by atoms with van der Waals surface area (Å²) in [5.74, 6) is 2.18. The molecule has 2 fully saturated rings. The maximum Gasteiger partial charge on any atom is 0.223 e. The molecule has 2 bridgehead atoms. The zero-order valence-electron chi connectivity index (χ0n) is 10.2. The summed E-state index contributed by atoms with van der Waals surface area (Å²) in [5.41, 5.74) is 0. The maximum absolute atomic E-state index is 12.1. The van der Waals surface area contributed by atoms with Crippen LogP contribution in [0.5, 0.6) is 0 Å². The van der Waals surface area contributed by atoms with Crippen molar-refractivity contribution in [1.29, 1.82) is 0 Å². The molecule has 1 amide bonds. The molecular formula is C13H22BrNO. The number of fused-ring (bicyclic) bond motifs is 2. The van der Waals surface area contributed by atoms with E-state index in [2.05, 4.69) is 35.1 Å². The van der Waals surface area contributed by atoms with Gasteiger partial charge in [-0.05, 0) is 44.4 Å². The largest absolute Gasteiger partial charge is 0.353 e. The van der Waals surface area contributed by atoms with E-state index in [1.165, 1.54) is 19.3 Å². The van der Waals surface area contributed by atoms with E-state index in [4.69, 9.17) is 0 Å². The van der Waals surface area contributed by atoms with Crippen LogP contribution in [-0.2, 0) is 4.79 Å². The maximum atomic E-state index is 12.1. The van der Waals surface area contributed by atoms with Gasteiger partial charge in [0, 0.05) is 16.8 Å². The van der Waals surface area contributed by atoms with Gasteiger partial charge in [0.25, 0.3) is 0 Å². The Morgan fingerprint density at radius 2 is 2.12 bits per heavy atom. The summed E-state index contributed by atoms with van der Waals surface area (Å²) in [6.45, 7) is 4.23. The van der Waals surface area contributed by atoms with E-state index >= 15 is 0 Å². The van der Waals surface area contributed by atoms with Gasteiger partial charge in [-0.2, -0.15) is 0 Å². The molecule has 2 saturated carbocycles. The second-order valence-corrected chi connectivity index (χ2v) is 7.27. The molecule has 0 aliphatic heterocycles. The van der Waals surface area contributed by atoms with Gasteiger partial charge in [-0.25, -0.2) is 0 Å². The normalized spacial score (nSPS) is 36.1. The molecule has 0 heterocycles. The molecule has 92 valence electrons. The average molecular weight is 288 g/mol. The third-order valence-corrected chi connectivity index (χ3v) is 4.52. The van der Waals surface area contributed by atoms with Crippen LogP contribution in [0.15, 0.2) is 0 Å². The van der Waals surface area contributed by atoms with Crippen molar-refractivity contribution in [2.75, 3.05) is 0 Å². The molecule has 16 heavy (non-hydrogen) atoms. The Bertz CT molecular complexity index is 267. The molecule has 2 aliphatic carbocycles. The van der Waals surface area contributed by atoms with E-state index in [9.17, 15) is 4.79 Å². The van der Waals surface area contributed by atoms with Crippen molar-refractivity contribution in [2.24, 2.45) is 17.8 Å². The van der Waals surface area contributed by atoms with Crippen molar-refractivity contribution in [3.05, 3.63) is 0 Å². The molecule has 0 aromatic rings. The minimum Gasteiger partial charge on any atom is -0.353 e. The van der Waals surface area contributed by atoms with E-state index in [0.717, 1.165) is 18.8 Å². The van der Waals surface area contributed by atoms with Crippen LogP contribution in [0.3, 0.4) is 0 Å². The molecule has 0 saturated heterocycles. The van der Waals surface area contributed by atoms with Gasteiger partial charge < -0.3 is 5.32 Å². The van der Waals surface area contributed by atoms with Gasteiger partial charge in [0.2, 0.25) is 5.91 Å². The van der Waals surface area contributed by atoms with E-state index < -0.39 is 0 Å². The van der Waals surface area contributed by atoms with Crippen molar-refractivity contribution >= 4 is 21.8 Å². The molecule has 1 N–H and O–H groups in total. The van der Waals surface area contributed by atoms with Gasteiger partial charge in [-0.3, -0.25) is 4.79 Å². The number of alkyl halides is 1. The third-order valence-electron chi connectivity index (χ3n) is 4.14. The van der Waals surface area contributed by atoms with Crippen LogP contribution in [0.2, 0.25) is 0 Å². The first-order valence-corrected chi connectivity index (χ1v) is 7.42. The highest BCUT2D eigenvalue weighted by Crippen LogP contribution is 2.48. The smallest absolute Gasteiger partial charge is 0.223 e. The number of hydrogen-bond acceptors (Lipinski definition) is 1. The van der Waals surface area contributed by atoms with E-state index in [0.29, 0.717) is 28.6 Å². The minimum absolute atomic E-state index is 0.293. The van der Waals surface area contributed by atoms with E-state index in [1.54, 1.807) is 0 Å². The zero-order chi connectivity index (χ0) is 11.7. The molecule has 0 radical (unpaired) electrons. The predicted octanol–water partition coefficient (Wildman–Crippen LogP) is 3.10. The third kappa shape index (κ3) is 2.79. The number of rotatable bonds is 4. The SMILES string of the molecule is CC(Br)CC(C)NC(=O)C1CC2CCC1C2. The first kappa shape index (κ1) is 12.4. The molecule has 5 atom stereocenters. The van der Waals surface area contributed by atoms with Crippen LogP contribution in [-0.4, -0.2) is 16.8 Å². The van der Waals surface area contributed by atoms with Gasteiger partial charge >= 0.3 is 0 Å². The molecule has 2 rings (SSSR count). The van der Waals surface area contributed by atoms with Crippen LogP contribution < -0.4 is 5.32 Å². The number of carbonyl (C=O) groups excluding carboxylic acids is 1. The van der Waals surface area contributed by atoms with Gasteiger partial charge in [-0.15, -0.1) is 0 Å². The summed E-state index contributed by atoms with van der Waals surface area (Å²) in [6, 6.07) is 0.293. The summed E-state index contributed by atoms with van der Waals surface area (Å²) >= 11 is 3.53. The Balaban J connectivity index is 1.80. The van der Waals surface area contributed by atoms with Crippen LogP contribution >= 0.6 is 15.9 Å². The van der Waals surface area contributed by atoms with Crippen LogP contribution in [0.25, 0.3) is 0 Å². The van der Waals surface area contributed by atoms with Crippen molar-refractivity contribution in [1.82, 2.24) is 5.32 Å². The van der Waals surface area contributed by atoms with Crippen molar-refractivity contribution in [2.45, 2.75) is 56.8 Å². The van der Waals surface area contributed by atoms with Crippen molar-refractivity contribution in [3.8, 4) is 0 Å².